The maximum Gasteiger partial charge on any atom is 0.409 e. The number of ether oxygens (including phenoxy) is 1. The topological polar surface area (TPSA) is 89.3 Å². The van der Waals surface area contributed by atoms with Crippen LogP contribution in [0.5, 0.6) is 0 Å². The zero-order chi connectivity index (χ0) is 18.7. The molecule has 2 aliphatic rings. The average Bonchev–Trinajstić information content (AvgIpc) is 3.28. The summed E-state index contributed by atoms with van der Waals surface area (Å²) in [6.45, 7) is 8.72. The number of aromatic nitrogens is 2. The van der Waals surface area contributed by atoms with Crippen molar-refractivity contribution in [1.82, 2.24) is 19.6 Å². The van der Waals surface area contributed by atoms with Crippen molar-refractivity contribution in [2.45, 2.75) is 39.8 Å². The van der Waals surface area contributed by atoms with Gasteiger partial charge < -0.3 is 19.4 Å². The summed E-state index contributed by atoms with van der Waals surface area (Å²) in [5.74, 6) is -0.0900. The van der Waals surface area contributed by atoms with Crippen molar-refractivity contribution in [2.24, 2.45) is 5.16 Å². The number of rotatable bonds is 4. The number of carbonyl (C=O) groups is 2. The predicted octanol–water partition coefficient (Wildman–Crippen LogP) is 1.01. The summed E-state index contributed by atoms with van der Waals surface area (Å²) in [4.78, 5) is 33.2. The number of piperazine rings is 1. The first-order chi connectivity index (χ1) is 12.5. The second kappa shape index (κ2) is 7.76. The lowest BCUT2D eigenvalue weighted by molar-refractivity contribution is -0.143. The number of aryl methyl sites for hydroxylation is 2. The molecule has 3 rings (SSSR count). The summed E-state index contributed by atoms with van der Waals surface area (Å²) >= 11 is 0. The minimum atomic E-state index is -0.608. The quantitative estimate of drug-likeness (QED) is 0.796. The van der Waals surface area contributed by atoms with E-state index in [-0.39, 0.29) is 12.0 Å². The standard InChI is InChI=1S/C17H25N5O4/c1-4-22-11-13(12(3)18-22)14-10-15(26-19-14)16(23)20-6-8-21(9-7-20)17(24)25-5-2/h11,15H,4-10H2,1-3H3. The third-order valence-electron chi connectivity index (χ3n) is 4.64. The van der Waals surface area contributed by atoms with Crippen LogP contribution in [0.3, 0.4) is 0 Å². The summed E-state index contributed by atoms with van der Waals surface area (Å²) in [6.07, 6.45) is 1.43. The van der Waals surface area contributed by atoms with Crippen LogP contribution in [0.2, 0.25) is 0 Å². The Morgan fingerprint density at radius 1 is 1.23 bits per heavy atom. The molecule has 1 unspecified atom stereocenters. The molecule has 0 N–H and O–H groups in total. The van der Waals surface area contributed by atoms with Gasteiger partial charge in [-0.3, -0.25) is 9.48 Å². The second-order valence-electron chi connectivity index (χ2n) is 6.33. The molecule has 0 aromatic carbocycles. The molecule has 0 bridgehead atoms. The Kier molecular flexibility index (Phi) is 5.43. The molecule has 1 aromatic heterocycles. The highest BCUT2D eigenvalue weighted by atomic mass is 16.6. The van der Waals surface area contributed by atoms with Crippen LogP contribution < -0.4 is 0 Å². The van der Waals surface area contributed by atoms with Gasteiger partial charge in [-0.25, -0.2) is 4.79 Å². The van der Waals surface area contributed by atoms with Crippen molar-refractivity contribution < 1.29 is 19.2 Å². The first-order valence-corrected chi connectivity index (χ1v) is 9.01. The van der Waals surface area contributed by atoms with Crippen LogP contribution in [0.4, 0.5) is 4.79 Å². The van der Waals surface area contributed by atoms with Crippen molar-refractivity contribution in [1.29, 1.82) is 0 Å². The number of hydrogen-bond donors (Lipinski definition) is 0. The van der Waals surface area contributed by atoms with Gasteiger partial charge in [0.15, 0.2) is 0 Å². The van der Waals surface area contributed by atoms with E-state index < -0.39 is 6.10 Å². The maximum atomic E-state index is 12.7. The molecule has 1 saturated heterocycles. The Bertz CT molecular complexity index is 706. The third-order valence-corrected chi connectivity index (χ3v) is 4.64. The van der Waals surface area contributed by atoms with Gasteiger partial charge in [-0.15, -0.1) is 0 Å². The van der Waals surface area contributed by atoms with Crippen molar-refractivity contribution in [3.63, 3.8) is 0 Å². The van der Waals surface area contributed by atoms with Gasteiger partial charge in [0.1, 0.15) is 0 Å². The Morgan fingerprint density at radius 2 is 1.92 bits per heavy atom. The molecule has 1 aromatic rings. The molecule has 0 spiro atoms. The lowest BCUT2D eigenvalue weighted by Crippen LogP contribution is -2.53. The molecule has 0 radical (unpaired) electrons. The molecular formula is C17H25N5O4. The summed E-state index contributed by atoms with van der Waals surface area (Å²) < 4.78 is 6.84. The molecule has 2 aliphatic heterocycles. The first kappa shape index (κ1) is 18.2. The zero-order valence-corrected chi connectivity index (χ0v) is 15.5. The second-order valence-corrected chi connectivity index (χ2v) is 6.33. The largest absolute Gasteiger partial charge is 0.450 e. The van der Waals surface area contributed by atoms with Crippen molar-refractivity contribution in [3.8, 4) is 0 Å². The smallest absolute Gasteiger partial charge is 0.409 e. The molecule has 2 amide bonds. The fraction of sp³-hybridized carbons (Fsp3) is 0.647. The fourth-order valence-corrected chi connectivity index (χ4v) is 3.16. The van der Waals surface area contributed by atoms with Crippen LogP contribution in [0.15, 0.2) is 11.4 Å². The summed E-state index contributed by atoms with van der Waals surface area (Å²) in [5.41, 5.74) is 2.56. The molecule has 26 heavy (non-hydrogen) atoms. The van der Waals surface area contributed by atoms with E-state index in [1.54, 1.807) is 16.7 Å². The Balaban J connectivity index is 1.54. The van der Waals surface area contributed by atoms with Crippen LogP contribution in [0, 0.1) is 6.92 Å². The molecule has 9 heteroatoms. The number of oxime groups is 1. The normalized spacial score (nSPS) is 20.0. The van der Waals surface area contributed by atoms with E-state index in [1.165, 1.54) is 0 Å². The fourth-order valence-electron chi connectivity index (χ4n) is 3.16. The van der Waals surface area contributed by atoms with Gasteiger partial charge in [-0.1, -0.05) is 5.16 Å². The molecule has 0 aliphatic carbocycles. The molecule has 142 valence electrons. The van der Waals surface area contributed by atoms with Crippen LogP contribution >= 0.6 is 0 Å². The molecule has 1 fully saturated rings. The summed E-state index contributed by atoms with van der Waals surface area (Å²) in [6, 6.07) is 0. The third kappa shape index (κ3) is 3.66. The number of amides is 2. The monoisotopic (exact) mass is 363 g/mol. The highest BCUT2D eigenvalue weighted by molar-refractivity contribution is 6.04. The van der Waals surface area contributed by atoms with Gasteiger partial charge in [0.05, 0.1) is 18.0 Å². The Hall–Kier alpha value is -2.58. The SMILES string of the molecule is CCOC(=O)N1CCN(C(=O)C2CC(c3cn(CC)nc3C)=NO2)CC1. The van der Waals surface area contributed by atoms with Crippen molar-refractivity contribution >= 4 is 17.7 Å². The van der Waals surface area contributed by atoms with Gasteiger partial charge in [0, 0.05) is 50.9 Å². The number of carbonyl (C=O) groups excluding carboxylic acids is 2. The predicted molar refractivity (Wildman–Crippen MR) is 93.8 cm³/mol. The van der Waals surface area contributed by atoms with Crippen molar-refractivity contribution in [3.05, 3.63) is 17.5 Å². The van der Waals surface area contributed by atoms with Gasteiger partial charge in [0.2, 0.25) is 6.10 Å². The van der Waals surface area contributed by atoms with Gasteiger partial charge >= 0.3 is 6.09 Å². The molecule has 3 heterocycles. The van der Waals surface area contributed by atoms with E-state index in [0.717, 1.165) is 23.5 Å². The van der Waals surface area contributed by atoms with E-state index in [9.17, 15) is 9.59 Å². The van der Waals surface area contributed by atoms with E-state index >= 15 is 0 Å². The number of nitrogens with zero attached hydrogens (tertiary/aromatic N) is 5. The van der Waals surface area contributed by atoms with Crippen molar-refractivity contribution in [2.75, 3.05) is 32.8 Å². The lowest BCUT2D eigenvalue weighted by atomic mass is 10.1. The number of hydrogen-bond acceptors (Lipinski definition) is 6. The molecular weight excluding hydrogens is 338 g/mol. The van der Waals surface area contributed by atoms with E-state index in [1.807, 2.05) is 24.7 Å². The zero-order valence-electron chi connectivity index (χ0n) is 15.5. The van der Waals surface area contributed by atoms with Gasteiger partial charge in [0.25, 0.3) is 5.91 Å². The van der Waals surface area contributed by atoms with Gasteiger partial charge in [-0.05, 0) is 20.8 Å². The van der Waals surface area contributed by atoms with Crippen LogP contribution in [-0.4, -0.2) is 76.2 Å². The lowest BCUT2D eigenvalue weighted by Gasteiger charge is -2.34. The van der Waals surface area contributed by atoms with E-state index in [2.05, 4.69) is 10.3 Å². The van der Waals surface area contributed by atoms with E-state index in [4.69, 9.17) is 9.57 Å². The first-order valence-electron chi connectivity index (χ1n) is 9.01. The highest BCUT2D eigenvalue weighted by Crippen LogP contribution is 2.21. The maximum absolute atomic E-state index is 12.7. The average molecular weight is 363 g/mol. The Morgan fingerprint density at radius 3 is 2.54 bits per heavy atom. The van der Waals surface area contributed by atoms with Gasteiger partial charge in [-0.2, -0.15) is 5.10 Å². The molecule has 0 saturated carbocycles. The van der Waals surface area contributed by atoms with E-state index in [0.29, 0.717) is 39.2 Å². The molecule has 9 nitrogen and oxygen atoms in total. The minimum Gasteiger partial charge on any atom is -0.450 e. The summed E-state index contributed by atoms with van der Waals surface area (Å²) in [5, 5.41) is 8.52. The van der Waals surface area contributed by atoms with Crippen LogP contribution in [0.25, 0.3) is 0 Å². The summed E-state index contributed by atoms with van der Waals surface area (Å²) in [7, 11) is 0. The van der Waals surface area contributed by atoms with Crippen LogP contribution in [-0.2, 0) is 20.9 Å². The van der Waals surface area contributed by atoms with Crippen LogP contribution in [0.1, 0.15) is 31.5 Å². The molecule has 1 atom stereocenters. The highest BCUT2D eigenvalue weighted by Gasteiger charge is 2.35. The Labute approximate surface area is 152 Å². The minimum absolute atomic E-state index is 0.0900.